The number of thiophene rings is 1. The highest BCUT2D eigenvalue weighted by atomic mass is 32.1. The molecule has 1 saturated heterocycles. The maximum absolute atomic E-state index is 11.5. The first-order valence-corrected chi connectivity index (χ1v) is 8.85. The fourth-order valence-electron chi connectivity index (χ4n) is 2.71. The van der Waals surface area contributed by atoms with Crippen molar-refractivity contribution in [3.8, 4) is 0 Å². The van der Waals surface area contributed by atoms with Crippen LogP contribution in [-0.2, 0) is 16.1 Å². The maximum atomic E-state index is 11.5. The smallest absolute Gasteiger partial charge is 0.219 e. The van der Waals surface area contributed by atoms with Gasteiger partial charge in [-0.05, 0) is 30.8 Å². The molecule has 1 aromatic heterocycles. The van der Waals surface area contributed by atoms with Crippen LogP contribution >= 0.6 is 11.3 Å². The van der Waals surface area contributed by atoms with Crippen molar-refractivity contribution >= 4 is 17.2 Å². The lowest BCUT2D eigenvalue weighted by Crippen LogP contribution is -2.49. The highest BCUT2D eigenvalue weighted by Crippen LogP contribution is 2.12. The third kappa shape index (κ3) is 6.04. The zero-order valence-corrected chi connectivity index (χ0v) is 14.0. The Hall–Kier alpha value is -0.950. The number of amides is 1. The summed E-state index contributed by atoms with van der Waals surface area (Å²) in [7, 11) is 0. The van der Waals surface area contributed by atoms with Crippen molar-refractivity contribution in [1.29, 1.82) is 0 Å². The van der Waals surface area contributed by atoms with Gasteiger partial charge in [-0.1, -0.05) is 13.0 Å². The Kier molecular flexibility index (Phi) is 7.32. The van der Waals surface area contributed by atoms with Crippen molar-refractivity contribution in [1.82, 2.24) is 10.2 Å². The number of aliphatic hydroxyl groups excluding tert-OH is 1. The number of rotatable bonds is 8. The Balaban J connectivity index is 1.64. The van der Waals surface area contributed by atoms with E-state index in [0.717, 1.165) is 25.9 Å². The van der Waals surface area contributed by atoms with Crippen LogP contribution in [0.2, 0.25) is 0 Å². The van der Waals surface area contributed by atoms with Crippen LogP contribution in [0.25, 0.3) is 0 Å². The van der Waals surface area contributed by atoms with Gasteiger partial charge < -0.3 is 15.2 Å². The molecule has 0 aliphatic carbocycles. The van der Waals surface area contributed by atoms with Gasteiger partial charge in [0, 0.05) is 30.4 Å². The van der Waals surface area contributed by atoms with Crippen LogP contribution in [0.3, 0.4) is 0 Å². The van der Waals surface area contributed by atoms with E-state index in [1.54, 1.807) is 11.3 Å². The van der Waals surface area contributed by atoms with Gasteiger partial charge in [0.25, 0.3) is 0 Å². The molecule has 2 N–H and O–H groups in total. The minimum absolute atomic E-state index is 0.103. The van der Waals surface area contributed by atoms with Crippen LogP contribution < -0.4 is 5.32 Å². The average Bonchev–Trinajstić information content (AvgIpc) is 3.00. The van der Waals surface area contributed by atoms with Gasteiger partial charge in [0.05, 0.1) is 19.3 Å². The summed E-state index contributed by atoms with van der Waals surface area (Å²) in [6.45, 7) is 5.16. The molecule has 22 heavy (non-hydrogen) atoms. The molecule has 2 rings (SSSR count). The molecule has 1 aliphatic heterocycles. The summed E-state index contributed by atoms with van der Waals surface area (Å²) < 4.78 is 5.55. The van der Waals surface area contributed by atoms with E-state index in [1.165, 1.54) is 4.88 Å². The van der Waals surface area contributed by atoms with Crippen molar-refractivity contribution < 1.29 is 14.6 Å². The quantitative estimate of drug-likeness (QED) is 0.762. The monoisotopic (exact) mass is 326 g/mol. The first-order valence-electron chi connectivity index (χ1n) is 7.97. The molecule has 1 fully saturated rings. The Labute approximate surface area is 136 Å². The lowest BCUT2D eigenvalue weighted by Gasteiger charge is -2.34. The van der Waals surface area contributed by atoms with Crippen LogP contribution in [0.1, 0.15) is 31.1 Å². The van der Waals surface area contributed by atoms with Crippen molar-refractivity contribution in [3.05, 3.63) is 22.4 Å². The predicted octanol–water partition coefficient (Wildman–Crippen LogP) is 1.62. The molecule has 1 amide bonds. The highest BCUT2D eigenvalue weighted by molar-refractivity contribution is 7.09. The molecular weight excluding hydrogens is 300 g/mol. The second-order valence-electron chi connectivity index (χ2n) is 5.77. The Morgan fingerprint density at radius 3 is 3.23 bits per heavy atom. The number of aliphatic hydroxyl groups is 1. The summed E-state index contributed by atoms with van der Waals surface area (Å²) >= 11 is 1.66. The number of piperidine rings is 1. The number of likely N-dealkylation sites (tertiary alicyclic amines) is 1. The third-order valence-electron chi connectivity index (χ3n) is 3.80. The predicted molar refractivity (Wildman–Crippen MR) is 87.9 cm³/mol. The highest BCUT2D eigenvalue weighted by Gasteiger charge is 2.22. The van der Waals surface area contributed by atoms with Gasteiger partial charge in [-0.3, -0.25) is 9.69 Å². The normalized spacial score (nSPS) is 20.7. The van der Waals surface area contributed by atoms with Gasteiger partial charge in [0.2, 0.25) is 5.91 Å². The molecule has 6 heteroatoms. The van der Waals surface area contributed by atoms with Crippen molar-refractivity contribution in [2.75, 3.05) is 26.2 Å². The summed E-state index contributed by atoms with van der Waals surface area (Å²) in [6.07, 6.45) is 2.11. The number of nitrogens with zero attached hydrogens (tertiary/aromatic N) is 1. The SMILES string of the molecule is CCC(=O)NC1CCCN(CC(O)COCc2cccs2)C1. The van der Waals surface area contributed by atoms with Crippen LogP contribution in [0.4, 0.5) is 0 Å². The maximum Gasteiger partial charge on any atom is 0.219 e. The molecule has 1 aliphatic rings. The van der Waals surface area contributed by atoms with E-state index in [9.17, 15) is 9.90 Å². The minimum atomic E-state index is -0.486. The van der Waals surface area contributed by atoms with E-state index in [2.05, 4.69) is 10.2 Å². The molecule has 0 radical (unpaired) electrons. The van der Waals surface area contributed by atoms with E-state index in [0.29, 0.717) is 26.2 Å². The fraction of sp³-hybridized carbons (Fsp3) is 0.688. The third-order valence-corrected chi connectivity index (χ3v) is 4.65. The number of hydrogen-bond donors (Lipinski definition) is 2. The first-order chi connectivity index (χ1) is 10.7. The van der Waals surface area contributed by atoms with Crippen LogP contribution in [-0.4, -0.2) is 54.3 Å². The zero-order valence-electron chi connectivity index (χ0n) is 13.2. The van der Waals surface area contributed by atoms with Gasteiger partial charge in [-0.25, -0.2) is 0 Å². The van der Waals surface area contributed by atoms with Gasteiger partial charge in [-0.2, -0.15) is 0 Å². The van der Waals surface area contributed by atoms with Crippen LogP contribution in [0.5, 0.6) is 0 Å². The summed E-state index contributed by atoms with van der Waals surface area (Å²) in [5, 5.41) is 15.2. The Morgan fingerprint density at radius 2 is 2.50 bits per heavy atom. The van der Waals surface area contributed by atoms with Gasteiger partial charge in [-0.15, -0.1) is 11.3 Å². The second kappa shape index (κ2) is 9.25. The topological polar surface area (TPSA) is 61.8 Å². The molecular formula is C16H26N2O3S. The van der Waals surface area contributed by atoms with E-state index in [4.69, 9.17) is 4.74 Å². The molecule has 0 aromatic carbocycles. The summed E-state index contributed by atoms with van der Waals surface area (Å²) in [6, 6.07) is 4.24. The largest absolute Gasteiger partial charge is 0.389 e. The summed E-state index contributed by atoms with van der Waals surface area (Å²) in [5.74, 6) is 0.103. The molecule has 2 unspecified atom stereocenters. The number of nitrogens with one attached hydrogen (secondary N) is 1. The number of ether oxygens (including phenoxy) is 1. The Morgan fingerprint density at radius 1 is 1.64 bits per heavy atom. The van der Waals surface area contributed by atoms with E-state index in [-0.39, 0.29) is 11.9 Å². The number of β-amino-alcohol motifs (C(OH)–C–C–N with tert-alkyl or cyclic N) is 1. The number of carbonyl (C=O) groups is 1. The molecule has 0 saturated carbocycles. The molecule has 0 bridgehead atoms. The first kappa shape index (κ1) is 17.4. The van der Waals surface area contributed by atoms with Gasteiger partial charge in [0.15, 0.2) is 0 Å². The van der Waals surface area contributed by atoms with E-state index < -0.39 is 6.10 Å². The molecule has 0 spiro atoms. The molecule has 124 valence electrons. The minimum Gasteiger partial charge on any atom is -0.389 e. The van der Waals surface area contributed by atoms with Crippen LogP contribution in [0.15, 0.2) is 17.5 Å². The van der Waals surface area contributed by atoms with Crippen molar-refractivity contribution in [2.24, 2.45) is 0 Å². The standard InChI is InChI=1S/C16H26N2O3S/c1-2-16(20)17-13-5-3-7-18(9-13)10-14(19)11-21-12-15-6-4-8-22-15/h4,6,8,13-14,19H,2-3,5,7,9-12H2,1H3,(H,17,20). The number of carbonyl (C=O) groups excluding carboxylic acids is 1. The van der Waals surface area contributed by atoms with Crippen LogP contribution in [0, 0.1) is 0 Å². The second-order valence-corrected chi connectivity index (χ2v) is 6.80. The summed E-state index contributed by atoms with van der Waals surface area (Å²) in [5.41, 5.74) is 0. The zero-order chi connectivity index (χ0) is 15.8. The van der Waals surface area contributed by atoms with Crippen molar-refractivity contribution in [2.45, 2.75) is 44.9 Å². The van der Waals surface area contributed by atoms with Gasteiger partial charge in [0.1, 0.15) is 0 Å². The molecule has 2 heterocycles. The lowest BCUT2D eigenvalue weighted by atomic mass is 10.1. The Bertz CT molecular complexity index is 439. The van der Waals surface area contributed by atoms with E-state index >= 15 is 0 Å². The summed E-state index contributed by atoms with van der Waals surface area (Å²) in [4.78, 5) is 14.8. The fourth-order valence-corrected chi connectivity index (χ4v) is 3.35. The van der Waals surface area contributed by atoms with Crippen molar-refractivity contribution in [3.63, 3.8) is 0 Å². The average molecular weight is 326 g/mol. The van der Waals surface area contributed by atoms with Gasteiger partial charge >= 0.3 is 0 Å². The van der Waals surface area contributed by atoms with E-state index in [1.807, 2.05) is 24.4 Å². The molecule has 2 atom stereocenters. The lowest BCUT2D eigenvalue weighted by molar-refractivity contribution is -0.121. The molecule has 1 aromatic rings. The molecule has 5 nitrogen and oxygen atoms in total. The number of hydrogen-bond acceptors (Lipinski definition) is 5.